The molecule has 0 unspecified atom stereocenters. The fraction of sp³-hybridized carbons (Fsp3) is 0.588. The van der Waals surface area contributed by atoms with Crippen molar-refractivity contribution >= 4 is 17.7 Å². The number of ketones is 1. The van der Waals surface area contributed by atoms with Crippen molar-refractivity contribution in [3.63, 3.8) is 0 Å². The number of esters is 2. The average Bonchev–Trinajstić information content (AvgIpc) is 2.81. The Kier molecular flexibility index (Phi) is 7.02. The summed E-state index contributed by atoms with van der Waals surface area (Å²) in [4.78, 5) is 34.1. The summed E-state index contributed by atoms with van der Waals surface area (Å²) in [7, 11) is 0. The van der Waals surface area contributed by atoms with E-state index >= 15 is 0 Å². The summed E-state index contributed by atoms with van der Waals surface area (Å²) in [5, 5.41) is 0. The zero-order valence-corrected chi connectivity index (χ0v) is 13.7. The highest BCUT2D eigenvalue weighted by Crippen LogP contribution is 2.17. The lowest BCUT2D eigenvalue weighted by Crippen LogP contribution is -2.30. The summed E-state index contributed by atoms with van der Waals surface area (Å²) < 4.78 is 9.91. The van der Waals surface area contributed by atoms with Gasteiger partial charge in [-0.05, 0) is 43.8 Å². The summed E-state index contributed by atoms with van der Waals surface area (Å²) in [6.07, 6.45) is 4.73. The van der Waals surface area contributed by atoms with Crippen LogP contribution in [0.5, 0.6) is 0 Å². The summed E-state index contributed by atoms with van der Waals surface area (Å²) in [5.41, 5.74) is 1.93. The molecule has 0 aromatic carbocycles. The van der Waals surface area contributed by atoms with Gasteiger partial charge in [-0.25, -0.2) is 4.79 Å². The molecule has 5 nitrogen and oxygen atoms in total. The molecule has 1 aliphatic rings. The molecule has 0 saturated heterocycles. The molecule has 0 N–H and O–H groups in total. The van der Waals surface area contributed by atoms with Crippen LogP contribution < -0.4 is 0 Å². The minimum atomic E-state index is -0.726. The number of hydrogen-bond donors (Lipinski definition) is 0. The lowest BCUT2D eigenvalue weighted by atomic mass is 9.99. The lowest BCUT2D eigenvalue weighted by Gasteiger charge is -2.18. The molecule has 5 heteroatoms. The van der Waals surface area contributed by atoms with Crippen molar-refractivity contribution in [2.75, 3.05) is 6.61 Å². The molecule has 122 valence electrons. The van der Waals surface area contributed by atoms with Gasteiger partial charge in [-0.1, -0.05) is 19.4 Å². The van der Waals surface area contributed by atoms with Gasteiger partial charge in [0.25, 0.3) is 0 Å². The van der Waals surface area contributed by atoms with Gasteiger partial charge in [0.15, 0.2) is 11.9 Å². The van der Waals surface area contributed by atoms with Crippen molar-refractivity contribution in [3.8, 4) is 0 Å². The highest BCUT2D eigenvalue weighted by molar-refractivity contribution is 5.95. The van der Waals surface area contributed by atoms with Crippen LogP contribution in [-0.4, -0.2) is 30.4 Å². The maximum atomic E-state index is 12.2. The van der Waals surface area contributed by atoms with Crippen LogP contribution in [0.15, 0.2) is 23.3 Å². The average molecular weight is 308 g/mol. The summed E-state index contributed by atoms with van der Waals surface area (Å²) >= 11 is 0. The molecule has 1 rings (SSSR count). The van der Waals surface area contributed by atoms with Crippen molar-refractivity contribution in [1.29, 1.82) is 0 Å². The van der Waals surface area contributed by atoms with Crippen LogP contribution in [0.4, 0.5) is 0 Å². The van der Waals surface area contributed by atoms with Gasteiger partial charge in [-0.2, -0.15) is 0 Å². The molecule has 0 bridgehead atoms. The standard InChI is InChI=1S/C17H24O5/c1-11(2)17(22-13(4)18)15(19)8-12(3)6-5-7-14-9-16(20)21-10-14/h8-9,11,17H,5-7,10H2,1-4H3/b12-8-/t17-/m1/s1. The molecule has 0 aliphatic carbocycles. The van der Waals surface area contributed by atoms with E-state index in [4.69, 9.17) is 9.47 Å². The lowest BCUT2D eigenvalue weighted by molar-refractivity contribution is -0.154. The molecule has 22 heavy (non-hydrogen) atoms. The van der Waals surface area contributed by atoms with Crippen LogP contribution in [0.3, 0.4) is 0 Å². The van der Waals surface area contributed by atoms with Crippen LogP contribution in [-0.2, 0) is 23.9 Å². The predicted molar refractivity (Wildman–Crippen MR) is 82.0 cm³/mol. The second-order valence-corrected chi connectivity index (χ2v) is 5.93. The third kappa shape index (κ3) is 6.24. The quantitative estimate of drug-likeness (QED) is 0.509. The second-order valence-electron chi connectivity index (χ2n) is 5.93. The van der Waals surface area contributed by atoms with Crippen molar-refractivity contribution in [2.24, 2.45) is 5.92 Å². The van der Waals surface area contributed by atoms with E-state index in [1.165, 1.54) is 13.0 Å². The summed E-state index contributed by atoms with van der Waals surface area (Å²) in [5.74, 6) is -0.969. The molecule has 1 aliphatic heterocycles. The fourth-order valence-corrected chi connectivity index (χ4v) is 2.25. The molecule has 1 atom stereocenters. The number of allylic oxidation sites excluding steroid dienone is 1. The molecular weight excluding hydrogens is 284 g/mol. The largest absolute Gasteiger partial charge is 0.458 e. The Morgan fingerprint density at radius 2 is 2.05 bits per heavy atom. The Bertz CT molecular complexity index is 499. The number of cyclic esters (lactones) is 1. The third-order valence-corrected chi connectivity index (χ3v) is 3.36. The summed E-state index contributed by atoms with van der Waals surface area (Å²) in [6.45, 7) is 7.25. The van der Waals surface area contributed by atoms with E-state index in [-0.39, 0.29) is 17.7 Å². The first-order valence-corrected chi connectivity index (χ1v) is 7.54. The van der Waals surface area contributed by atoms with E-state index in [0.717, 1.165) is 30.4 Å². The first-order chi connectivity index (χ1) is 10.3. The Morgan fingerprint density at radius 1 is 1.36 bits per heavy atom. The van der Waals surface area contributed by atoms with Gasteiger partial charge in [0.2, 0.25) is 0 Å². The van der Waals surface area contributed by atoms with Crippen LogP contribution in [0, 0.1) is 5.92 Å². The molecule has 1 heterocycles. The van der Waals surface area contributed by atoms with Crippen molar-refractivity contribution in [1.82, 2.24) is 0 Å². The van der Waals surface area contributed by atoms with Gasteiger partial charge in [0.05, 0.1) is 0 Å². The van der Waals surface area contributed by atoms with Crippen LogP contribution in [0.1, 0.15) is 47.0 Å². The van der Waals surface area contributed by atoms with Crippen LogP contribution in [0.2, 0.25) is 0 Å². The predicted octanol–water partition coefficient (Wildman–Crippen LogP) is 2.74. The zero-order valence-electron chi connectivity index (χ0n) is 13.7. The van der Waals surface area contributed by atoms with E-state index in [2.05, 4.69) is 0 Å². The van der Waals surface area contributed by atoms with Gasteiger partial charge in [0.1, 0.15) is 6.61 Å². The van der Waals surface area contributed by atoms with Gasteiger partial charge < -0.3 is 9.47 Å². The second kappa shape index (κ2) is 8.51. The van der Waals surface area contributed by atoms with E-state index in [0.29, 0.717) is 6.61 Å². The molecule has 0 saturated carbocycles. The first-order valence-electron chi connectivity index (χ1n) is 7.54. The summed E-state index contributed by atoms with van der Waals surface area (Å²) in [6, 6.07) is 0. The highest BCUT2D eigenvalue weighted by Gasteiger charge is 2.23. The minimum absolute atomic E-state index is 0.0627. The Labute approximate surface area is 131 Å². The Balaban J connectivity index is 2.48. The number of hydrogen-bond acceptors (Lipinski definition) is 5. The minimum Gasteiger partial charge on any atom is -0.458 e. The molecular formula is C17H24O5. The molecule has 0 spiro atoms. The van der Waals surface area contributed by atoms with Crippen molar-refractivity contribution < 1.29 is 23.9 Å². The smallest absolute Gasteiger partial charge is 0.331 e. The van der Waals surface area contributed by atoms with Gasteiger partial charge in [-0.3, -0.25) is 9.59 Å². The Morgan fingerprint density at radius 3 is 2.55 bits per heavy atom. The number of ether oxygens (including phenoxy) is 2. The van der Waals surface area contributed by atoms with Crippen LogP contribution >= 0.6 is 0 Å². The van der Waals surface area contributed by atoms with Crippen molar-refractivity contribution in [2.45, 2.75) is 53.1 Å². The van der Waals surface area contributed by atoms with E-state index in [9.17, 15) is 14.4 Å². The monoisotopic (exact) mass is 308 g/mol. The topological polar surface area (TPSA) is 69.7 Å². The SMILES string of the molecule is CC(=O)O[C@@H](C(=O)/C=C(/C)CCCC1=CC(=O)OC1)C(C)C. The molecule has 0 radical (unpaired) electrons. The zero-order chi connectivity index (χ0) is 16.7. The normalized spacial score (nSPS) is 16.3. The molecule has 0 aromatic rings. The number of carbonyl (C=O) groups is 3. The Hall–Kier alpha value is -1.91. The fourth-order valence-electron chi connectivity index (χ4n) is 2.25. The van der Waals surface area contributed by atoms with E-state index < -0.39 is 12.1 Å². The van der Waals surface area contributed by atoms with Crippen molar-refractivity contribution in [3.05, 3.63) is 23.3 Å². The molecule has 0 amide bonds. The van der Waals surface area contributed by atoms with Gasteiger partial charge in [-0.15, -0.1) is 0 Å². The van der Waals surface area contributed by atoms with Crippen LogP contribution in [0.25, 0.3) is 0 Å². The maximum absolute atomic E-state index is 12.2. The van der Waals surface area contributed by atoms with Gasteiger partial charge >= 0.3 is 11.9 Å². The van der Waals surface area contributed by atoms with E-state index in [1.54, 1.807) is 6.08 Å². The molecule has 0 aromatic heterocycles. The number of carbonyl (C=O) groups excluding carboxylic acids is 3. The number of rotatable bonds is 8. The van der Waals surface area contributed by atoms with E-state index in [1.807, 2.05) is 20.8 Å². The first kappa shape index (κ1) is 18.1. The third-order valence-electron chi connectivity index (χ3n) is 3.36. The maximum Gasteiger partial charge on any atom is 0.331 e. The van der Waals surface area contributed by atoms with Gasteiger partial charge in [0, 0.05) is 13.0 Å². The molecule has 0 fully saturated rings. The highest BCUT2D eigenvalue weighted by atomic mass is 16.5.